The normalized spacial score (nSPS) is 14.1. The first kappa shape index (κ1) is 15.2. The first-order valence-electron chi connectivity index (χ1n) is 9.00. The maximum atomic E-state index is 4.65. The molecule has 0 bridgehead atoms. The Labute approximate surface area is 153 Å². The third-order valence-corrected chi connectivity index (χ3v) is 5.49. The lowest BCUT2D eigenvalue weighted by Crippen LogP contribution is -2.18. The Morgan fingerprint density at radius 1 is 0.769 bits per heavy atom. The van der Waals surface area contributed by atoms with Crippen molar-refractivity contribution in [1.29, 1.82) is 0 Å². The van der Waals surface area contributed by atoms with Crippen molar-refractivity contribution in [2.24, 2.45) is 0 Å². The Kier molecular flexibility index (Phi) is 3.17. The first-order valence-corrected chi connectivity index (χ1v) is 9.00. The number of rotatable bonds is 2. The minimum atomic E-state index is -0.0409. The fourth-order valence-electron chi connectivity index (χ4n) is 4.32. The van der Waals surface area contributed by atoms with Crippen molar-refractivity contribution in [3.63, 3.8) is 0 Å². The SMILES string of the molecule is CC1(C)c2ccccc2-c2cccc(-n3ccnc3-c3ccccc3)c21. The van der Waals surface area contributed by atoms with Gasteiger partial charge in [0, 0.05) is 23.4 Å². The highest BCUT2D eigenvalue weighted by molar-refractivity contribution is 5.84. The van der Waals surface area contributed by atoms with E-state index in [-0.39, 0.29) is 5.41 Å². The van der Waals surface area contributed by atoms with Crippen LogP contribution in [0.2, 0.25) is 0 Å². The summed E-state index contributed by atoms with van der Waals surface area (Å²) in [7, 11) is 0. The standard InChI is InChI=1S/C24H20N2/c1-24(2)20-13-7-6-11-18(20)19-12-8-14-21(22(19)24)26-16-15-25-23(26)17-9-4-3-5-10-17/h3-16H,1-2H3. The van der Waals surface area contributed by atoms with Crippen LogP contribution in [-0.4, -0.2) is 9.55 Å². The van der Waals surface area contributed by atoms with Gasteiger partial charge in [0.25, 0.3) is 0 Å². The summed E-state index contributed by atoms with van der Waals surface area (Å²) in [4.78, 5) is 4.65. The Morgan fingerprint density at radius 3 is 2.35 bits per heavy atom. The van der Waals surface area contributed by atoms with Gasteiger partial charge in [0.15, 0.2) is 0 Å². The Morgan fingerprint density at radius 2 is 1.50 bits per heavy atom. The van der Waals surface area contributed by atoms with E-state index in [4.69, 9.17) is 0 Å². The predicted octanol–water partition coefficient (Wildman–Crippen LogP) is 5.85. The van der Waals surface area contributed by atoms with Crippen LogP contribution in [-0.2, 0) is 5.41 Å². The van der Waals surface area contributed by atoms with Gasteiger partial charge >= 0.3 is 0 Å². The lowest BCUT2D eigenvalue weighted by atomic mass is 9.81. The lowest BCUT2D eigenvalue weighted by Gasteiger charge is -2.25. The van der Waals surface area contributed by atoms with Gasteiger partial charge in [-0.3, -0.25) is 4.57 Å². The number of imidazole rings is 1. The zero-order valence-electron chi connectivity index (χ0n) is 15.0. The summed E-state index contributed by atoms with van der Waals surface area (Å²) in [6, 6.07) is 25.7. The first-order chi connectivity index (χ1) is 12.7. The second-order valence-electron chi connectivity index (χ2n) is 7.36. The average Bonchev–Trinajstić information content (AvgIpc) is 3.25. The van der Waals surface area contributed by atoms with Crippen LogP contribution in [0, 0.1) is 0 Å². The molecule has 4 aromatic rings. The molecule has 2 heteroatoms. The van der Waals surface area contributed by atoms with Gasteiger partial charge in [0.05, 0.1) is 5.69 Å². The summed E-state index contributed by atoms with van der Waals surface area (Å²) in [6.07, 6.45) is 3.95. The minimum absolute atomic E-state index is 0.0409. The Hall–Kier alpha value is -3.13. The van der Waals surface area contributed by atoms with E-state index in [0.717, 1.165) is 11.4 Å². The van der Waals surface area contributed by atoms with Crippen LogP contribution in [0.5, 0.6) is 0 Å². The van der Waals surface area contributed by atoms with Crippen LogP contribution in [0.3, 0.4) is 0 Å². The molecule has 1 heterocycles. The maximum absolute atomic E-state index is 4.65. The molecule has 0 aliphatic heterocycles. The number of fused-ring (bicyclic) bond motifs is 3. The van der Waals surface area contributed by atoms with Gasteiger partial charge in [-0.2, -0.15) is 0 Å². The summed E-state index contributed by atoms with van der Waals surface area (Å²) in [5, 5.41) is 0. The van der Waals surface area contributed by atoms with Crippen LogP contribution in [0.25, 0.3) is 28.2 Å². The highest BCUT2D eigenvalue weighted by atomic mass is 15.1. The summed E-state index contributed by atoms with van der Waals surface area (Å²) < 4.78 is 2.22. The van der Waals surface area contributed by atoms with Gasteiger partial charge < -0.3 is 0 Å². The van der Waals surface area contributed by atoms with Gasteiger partial charge in [-0.05, 0) is 28.3 Å². The molecule has 0 atom stereocenters. The molecule has 0 amide bonds. The van der Waals surface area contributed by atoms with E-state index in [0.29, 0.717) is 0 Å². The van der Waals surface area contributed by atoms with Crippen LogP contribution >= 0.6 is 0 Å². The predicted molar refractivity (Wildman–Crippen MR) is 107 cm³/mol. The van der Waals surface area contributed by atoms with E-state index in [1.54, 1.807) is 0 Å². The van der Waals surface area contributed by atoms with E-state index in [1.807, 2.05) is 12.3 Å². The molecule has 5 rings (SSSR count). The van der Waals surface area contributed by atoms with Gasteiger partial charge in [0.1, 0.15) is 5.82 Å². The third-order valence-electron chi connectivity index (χ3n) is 5.49. The summed E-state index contributed by atoms with van der Waals surface area (Å²) >= 11 is 0. The molecule has 1 aliphatic rings. The zero-order valence-corrected chi connectivity index (χ0v) is 15.0. The largest absolute Gasteiger partial charge is 0.299 e. The van der Waals surface area contributed by atoms with Crippen molar-refractivity contribution in [3.8, 4) is 28.2 Å². The van der Waals surface area contributed by atoms with Crippen molar-refractivity contribution in [2.75, 3.05) is 0 Å². The molecule has 3 aromatic carbocycles. The van der Waals surface area contributed by atoms with Crippen molar-refractivity contribution >= 4 is 0 Å². The van der Waals surface area contributed by atoms with Gasteiger partial charge in [-0.15, -0.1) is 0 Å². The zero-order chi connectivity index (χ0) is 17.7. The molecule has 0 saturated heterocycles. The lowest BCUT2D eigenvalue weighted by molar-refractivity contribution is 0.655. The smallest absolute Gasteiger partial charge is 0.144 e. The fourth-order valence-corrected chi connectivity index (χ4v) is 4.32. The van der Waals surface area contributed by atoms with Crippen LogP contribution < -0.4 is 0 Å². The number of benzene rings is 3. The number of hydrogen-bond acceptors (Lipinski definition) is 1. The van der Waals surface area contributed by atoms with Crippen molar-refractivity contribution in [3.05, 3.63) is 96.3 Å². The summed E-state index contributed by atoms with van der Waals surface area (Å²) in [6.45, 7) is 4.64. The molecule has 0 fully saturated rings. The Bertz CT molecular complexity index is 1100. The second-order valence-corrected chi connectivity index (χ2v) is 7.36. The van der Waals surface area contributed by atoms with E-state index in [1.165, 1.54) is 27.9 Å². The van der Waals surface area contributed by atoms with Crippen LogP contribution in [0.4, 0.5) is 0 Å². The minimum Gasteiger partial charge on any atom is -0.299 e. The summed E-state index contributed by atoms with van der Waals surface area (Å²) in [5.41, 5.74) is 7.73. The van der Waals surface area contributed by atoms with Crippen LogP contribution in [0.1, 0.15) is 25.0 Å². The molecule has 0 radical (unpaired) electrons. The molecule has 0 unspecified atom stereocenters. The quantitative estimate of drug-likeness (QED) is 0.449. The third kappa shape index (κ3) is 2.02. The molecule has 126 valence electrons. The fraction of sp³-hybridized carbons (Fsp3) is 0.125. The monoisotopic (exact) mass is 336 g/mol. The van der Waals surface area contributed by atoms with E-state index in [9.17, 15) is 0 Å². The molecular weight excluding hydrogens is 316 g/mol. The van der Waals surface area contributed by atoms with Crippen molar-refractivity contribution < 1.29 is 0 Å². The summed E-state index contributed by atoms with van der Waals surface area (Å²) in [5.74, 6) is 0.978. The van der Waals surface area contributed by atoms with E-state index >= 15 is 0 Å². The number of nitrogens with zero attached hydrogens (tertiary/aromatic N) is 2. The maximum Gasteiger partial charge on any atom is 0.144 e. The van der Waals surface area contributed by atoms with Crippen LogP contribution in [0.15, 0.2) is 85.2 Å². The number of aromatic nitrogens is 2. The van der Waals surface area contributed by atoms with Crippen molar-refractivity contribution in [2.45, 2.75) is 19.3 Å². The molecular formula is C24H20N2. The van der Waals surface area contributed by atoms with Gasteiger partial charge in [-0.1, -0.05) is 80.6 Å². The molecule has 1 aliphatic carbocycles. The van der Waals surface area contributed by atoms with Gasteiger partial charge in [-0.25, -0.2) is 4.98 Å². The molecule has 1 aromatic heterocycles. The van der Waals surface area contributed by atoms with Gasteiger partial charge in [0.2, 0.25) is 0 Å². The Balaban J connectivity index is 1.78. The highest BCUT2D eigenvalue weighted by Gasteiger charge is 2.37. The molecule has 0 N–H and O–H groups in total. The van der Waals surface area contributed by atoms with E-state index in [2.05, 4.69) is 96.3 Å². The second kappa shape index (κ2) is 5.43. The topological polar surface area (TPSA) is 17.8 Å². The highest BCUT2D eigenvalue weighted by Crippen LogP contribution is 2.50. The van der Waals surface area contributed by atoms with Crippen molar-refractivity contribution in [1.82, 2.24) is 9.55 Å². The van der Waals surface area contributed by atoms with E-state index < -0.39 is 0 Å². The molecule has 2 nitrogen and oxygen atoms in total. The molecule has 0 spiro atoms. The molecule has 26 heavy (non-hydrogen) atoms. The number of hydrogen-bond donors (Lipinski definition) is 0. The molecule has 0 saturated carbocycles. The average molecular weight is 336 g/mol.